The molecular weight excluding hydrogens is 400 g/mol. The van der Waals surface area contributed by atoms with Gasteiger partial charge in [-0.05, 0) is 55.2 Å². The lowest BCUT2D eigenvalue weighted by Crippen LogP contribution is -2.62. The van der Waals surface area contributed by atoms with Gasteiger partial charge in [-0.1, -0.05) is 48.9 Å². The summed E-state index contributed by atoms with van der Waals surface area (Å²) in [5.74, 6) is 0.519. The quantitative estimate of drug-likeness (QED) is 0.685. The van der Waals surface area contributed by atoms with Crippen LogP contribution in [-0.4, -0.2) is 60.5 Å². The minimum Gasteiger partial charge on any atom is -0.465 e. The normalized spacial score (nSPS) is 27.5. The van der Waals surface area contributed by atoms with Gasteiger partial charge in [0.15, 0.2) is 0 Å². The van der Waals surface area contributed by atoms with Crippen LogP contribution in [-0.2, 0) is 11.2 Å². The molecule has 2 bridgehead atoms. The number of likely N-dealkylation sites (tertiary alicyclic amines) is 1. The molecule has 3 saturated heterocycles. The van der Waals surface area contributed by atoms with Gasteiger partial charge in [-0.25, -0.2) is 4.79 Å². The lowest BCUT2D eigenvalue weighted by Gasteiger charge is -2.55. The topological polar surface area (TPSA) is 49.9 Å². The third kappa shape index (κ3) is 4.06. The molecule has 0 spiro atoms. The van der Waals surface area contributed by atoms with Crippen LogP contribution >= 0.6 is 0 Å². The predicted molar refractivity (Wildman–Crippen MR) is 124 cm³/mol. The Balaban J connectivity index is 1.32. The summed E-state index contributed by atoms with van der Waals surface area (Å²) >= 11 is 0. The van der Waals surface area contributed by atoms with Gasteiger partial charge >= 0.3 is 5.97 Å². The Labute approximate surface area is 190 Å². The van der Waals surface area contributed by atoms with Crippen molar-refractivity contribution in [2.24, 2.45) is 11.8 Å². The molecular formula is C27H32N2O3. The van der Waals surface area contributed by atoms with Crippen LogP contribution in [0, 0.1) is 11.8 Å². The first-order valence-corrected chi connectivity index (χ1v) is 11.9. The lowest BCUT2D eigenvalue weighted by molar-refractivity contribution is -0.0499. The number of rotatable bonds is 4. The van der Waals surface area contributed by atoms with Gasteiger partial charge in [0.2, 0.25) is 0 Å². The van der Waals surface area contributed by atoms with Crippen LogP contribution < -0.4 is 0 Å². The molecule has 3 heterocycles. The maximum atomic E-state index is 13.4. The summed E-state index contributed by atoms with van der Waals surface area (Å²) in [5.41, 5.74) is 2.24. The first kappa shape index (κ1) is 21.2. The number of piperidine rings is 3. The summed E-state index contributed by atoms with van der Waals surface area (Å²) in [6.07, 6.45) is 6.08. The number of carbonyl (C=O) groups excluding carboxylic acids is 2. The first-order chi connectivity index (χ1) is 15.6. The number of carbonyl (C=O) groups is 2. The summed E-state index contributed by atoms with van der Waals surface area (Å²) in [6.45, 7) is 2.62. The van der Waals surface area contributed by atoms with Crippen molar-refractivity contribution in [1.29, 1.82) is 0 Å². The standard InChI is InChI=1S/C27H32N2O3/c1-32-27(31)24-12-6-5-11-23(24)26(30)28-16-20-14-21(18-28)25-13-7-10-22(29(25)17-20)15-19-8-3-2-4-9-19/h2-6,8-9,11-12,20-22,25H,7,10,13-18H2,1H3/t20-,21+,22+,25-/m0/s1. The Hall–Kier alpha value is -2.66. The van der Waals surface area contributed by atoms with Crippen molar-refractivity contribution in [3.05, 3.63) is 71.3 Å². The van der Waals surface area contributed by atoms with Gasteiger partial charge in [0, 0.05) is 31.7 Å². The molecule has 5 heteroatoms. The summed E-state index contributed by atoms with van der Waals surface area (Å²) in [7, 11) is 1.36. The first-order valence-electron chi connectivity index (χ1n) is 11.9. The van der Waals surface area contributed by atoms with Crippen LogP contribution in [0.4, 0.5) is 0 Å². The van der Waals surface area contributed by atoms with Gasteiger partial charge in [0.1, 0.15) is 0 Å². The van der Waals surface area contributed by atoms with Crippen LogP contribution in [0.5, 0.6) is 0 Å². The Morgan fingerprint density at radius 3 is 2.47 bits per heavy atom. The van der Waals surface area contributed by atoms with Crippen molar-refractivity contribution in [2.75, 3.05) is 26.7 Å². The van der Waals surface area contributed by atoms with Gasteiger partial charge in [0.05, 0.1) is 18.2 Å². The molecule has 4 atom stereocenters. The van der Waals surface area contributed by atoms with Crippen molar-refractivity contribution in [1.82, 2.24) is 9.80 Å². The molecule has 0 aromatic heterocycles. The Bertz CT molecular complexity index is 976. The molecule has 0 unspecified atom stereocenters. The minimum absolute atomic E-state index is 0.0363. The molecule has 0 N–H and O–H groups in total. The summed E-state index contributed by atoms with van der Waals surface area (Å²) < 4.78 is 4.90. The van der Waals surface area contributed by atoms with E-state index in [1.807, 2.05) is 11.0 Å². The minimum atomic E-state index is -0.451. The van der Waals surface area contributed by atoms with E-state index in [4.69, 9.17) is 4.74 Å². The number of amides is 1. The van der Waals surface area contributed by atoms with Crippen LogP contribution in [0.3, 0.4) is 0 Å². The van der Waals surface area contributed by atoms with E-state index < -0.39 is 5.97 Å². The number of hydrogen-bond donors (Lipinski definition) is 0. The number of esters is 1. The molecule has 0 saturated carbocycles. The maximum Gasteiger partial charge on any atom is 0.338 e. The molecule has 3 aliphatic heterocycles. The predicted octanol–water partition coefficient (Wildman–Crippen LogP) is 4.03. The zero-order chi connectivity index (χ0) is 22.1. The maximum absolute atomic E-state index is 13.4. The monoisotopic (exact) mass is 432 g/mol. The molecule has 5 rings (SSSR count). The van der Waals surface area contributed by atoms with Gasteiger partial charge < -0.3 is 9.64 Å². The van der Waals surface area contributed by atoms with Crippen molar-refractivity contribution in [2.45, 2.75) is 44.2 Å². The van der Waals surface area contributed by atoms with Crippen LogP contribution in [0.25, 0.3) is 0 Å². The molecule has 2 aromatic rings. The highest BCUT2D eigenvalue weighted by Crippen LogP contribution is 2.40. The SMILES string of the molecule is COC(=O)c1ccccc1C(=O)N1C[C@@H]2C[C@H](C1)[C@@H]1CCC[C@H](Cc3ccccc3)N1C2. The lowest BCUT2D eigenvalue weighted by atomic mass is 9.74. The van der Waals surface area contributed by atoms with E-state index in [2.05, 4.69) is 35.2 Å². The molecule has 3 aliphatic rings. The van der Waals surface area contributed by atoms with Crippen molar-refractivity contribution >= 4 is 11.9 Å². The molecule has 1 amide bonds. The summed E-state index contributed by atoms with van der Waals surface area (Å²) in [5, 5.41) is 0. The van der Waals surface area contributed by atoms with Crippen LogP contribution in [0.1, 0.15) is 52.0 Å². The van der Waals surface area contributed by atoms with Crippen LogP contribution in [0.2, 0.25) is 0 Å². The number of hydrogen-bond acceptors (Lipinski definition) is 4. The number of methoxy groups -OCH3 is 1. The molecule has 32 heavy (non-hydrogen) atoms. The molecule has 5 nitrogen and oxygen atoms in total. The third-order valence-corrected chi connectivity index (χ3v) is 7.68. The average molecular weight is 433 g/mol. The van der Waals surface area contributed by atoms with E-state index in [1.165, 1.54) is 38.4 Å². The number of fused-ring (bicyclic) bond motifs is 4. The fourth-order valence-corrected chi connectivity index (χ4v) is 6.31. The molecule has 0 radical (unpaired) electrons. The molecule has 3 fully saturated rings. The van der Waals surface area contributed by atoms with Gasteiger partial charge in [-0.2, -0.15) is 0 Å². The fourth-order valence-electron chi connectivity index (χ4n) is 6.31. The number of nitrogens with zero attached hydrogens (tertiary/aromatic N) is 2. The average Bonchev–Trinajstić information content (AvgIpc) is 2.84. The van der Waals surface area contributed by atoms with Crippen molar-refractivity contribution in [3.63, 3.8) is 0 Å². The van der Waals surface area contributed by atoms with Crippen LogP contribution in [0.15, 0.2) is 54.6 Å². The van der Waals surface area contributed by atoms with E-state index in [0.29, 0.717) is 35.0 Å². The third-order valence-electron chi connectivity index (χ3n) is 7.68. The zero-order valence-electron chi connectivity index (χ0n) is 18.8. The van der Waals surface area contributed by atoms with E-state index in [1.54, 1.807) is 18.2 Å². The second-order valence-corrected chi connectivity index (χ2v) is 9.65. The molecule has 0 aliphatic carbocycles. The number of ether oxygens (including phenoxy) is 1. The second-order valence-electron chi connectivity index (χ2n) is 9.65. The second kappa shape index (κ2) is 9.07. The summed E-state index contributed by atoms with van der Waals surface area (Å²) in [6, 6.07) is 19.0. The fraction of sp³-hybridized carbons (Fsp3) is 0.481. The van der Waals surface area contributed by atoms with Gasteiger partial charge in [-0.3, -0.25) is 9.69 Å². The van der Waals surface area contributed by atoms with Crippen molar-refractivity contribution in [3.8, 4) is 0 Å². The highest BCUT2D eigenvalue weighted by atomic mass is 16.5. The molecule has 168 valence electrons. The van der Waals surface area contributed by atoms with Gasteiger partial charge in [0.25, 0.3) is 5.91 Å². The smallest absolute Gasteiger partial charge is 0.338 e. The van der Waals surface area contributed by atoms with Crippen molar-refractivity contribution < 1.29 is 14.3 Å². The Morgan fingerprint density at radius 1 is 0.938 bits per heavy atom. The summed E-state index contributed by atoms with van der Waals surface area (Å²) in [4.78, 5) is 30.4. The highest BCUT2D eigenvalue weighted by molar-refractivity contribution is 6.05. The largest absolute Gasteiger partial charge is 0.465 e. The van der Waals surface area contributed by atoms with E-state index in [-0.39, 0.29) is 5.91 Å². The highest BCUT2D eigenvalue weighted by Gasteiger charge is 2.45. The van der Waals surface area contributed by atoms with E-state index in [9.17, 15) is 9.59 Å². The van der Waals surface area contributed by atoms with Gasteiger partial charge in [-0.15, -0.1) is 0 Å². The van der Waals surface area contributed by atoms with E-state index in [0.717, 1.165) is 26.1 Å². The van der Waals surface area contributed by atoms with E-state index >= 15 is 0 Å². The molecule has 2 aromatic carbocycles. The Kier molecular flexibility index (Phi) is 6.01. The Morgan fingerprint density at radius 2 is 1.69 bits per heavy atom. The number of benzene rings is 2. The zero-order valence-corrected chi connectivity index (χ0v) is 18.8.